The number of nitrogens with one attached hydrogen (secondary N) is 1. The van der Waals surface area contributed by atoms with Gasteiger partial charge in [-0.1, -0.05) is 6.07 Å². The highest BCUT2D eigenvalue weighted by atomic mass is 16.5. The highest BCUT2D eigenvalue weighted by molar-refractivity contribution is 5.42. The molecule has 0 saturated heterocycles. The summed E-state index contributed by atoms with van der Waals surface area (Å²) in [4.78, 5) is 4.01. The van der Waals surface area contributed by atoms with Crippen molar-refractivity contribution in [2.45, 2.75) is 6.92 Å². The molecule has 5 nitrogen and oxygen atoms in total. The molecule has 5 heteroatoms. The predicted molar refractivity (Wildman–Crippen MR) is 69.7 cm³/mol. The van der Waals surface area contributed by atoms with Gasteiger partial charge in [-0.2, -0.15) is 0 Å². The lowest BCUT2D eigenvalue weighted by atomic mass is 10.3. The van der Waals surface area contributed by atoms with Gasteiger partial charge in [0.05, 0.1) is 6.61 Å². The maximum Gasteiger partial charge on any atom is 0.143 e. The van der Waals surface area contributed by atoms with Crippen LogP contribution in [0.3, 0.4) is 0 Å². The van der Waals surface area contributed by atoms with Crippen molar-refractivity contribution in [2.24, 2.45) is 5.84 Å². The summed E-state index contributed by atoms with van der Waals surface area (Å²) in [6, 6.07) is 10.9. The third-order valence-electron chi connectivity index (χ3n) is 2.23. The van der Waals surface area contributed by atoms with Gasteiger partial charge in [0.1, 0.15) is 23.1 Å². The molecule has 0 radical (unpaired) electrons. The number of aromatic nitrogens is 1. The first-order valence-electron chi connectivity index (χ1n) is 5.65. The lowest BCUT2D eigenvalue weighted by Crippen LogP contribution is -2.08. The summed E-state index contributed by atoms with van der Waals surface area (Å²) in [6.07, 6.45) is 1.62. The number of hydrogen-bond donors (Lipinski definition) is 2. The molecule has 0 fully saturated rings. The summed E-state index contributed by atoms with van der Waals surface area (Å²) in [5.41, 5.74) is 2.47. The van der Waals surface area contributed by atoms with Crippen molar-refractivity contribution in [3.8, 4) is 17.2 Å². The van der Waals surface area contributed by atoms with Gasteiger partial charge in [-0.25, -0.2) is 10.8 Å². The highest BCUT2D eigenvalue weighted by Crippen LogP contribution is 2.25. The standard InChI is InChI=1S/C13H15N3O2/c1-2-17-10-4-3-5-11(8-10)18-12-6-7-15-13(9-12)16-14/h3-9H,2,14H2,1H3,(H,15,16). The Morgan fingerprint density at radius 1 is 1.17 bits per heavy atom. The number of pyridine rings is 1. The minimum atomic E-state index is 0.550. The molecule has 3 N–H and O–H groups in total. The molecule has 0 unspecified atom stereocenters. The van der Waals surface area contributed by atoms with E-state index in [2.05, 4.69) is 10.4 Å². The number of hydrazine groups is 1. The number of benzene rings is 1. The van der Waals surface area contributed by atoms with Crippen LogP contribution in [-0.2, 0) is 0 Å². The monoisotopic (exact) mass is 245 g/mol. The maximum absolute atomic E-state index is 5.69. The van der Waals surface area contributed by atoms with E-state index in [1.54, 1.807) is 18.3 Å². The summed E-state index contributed by atoms with van der Waals surface area (Å²) in [6.45, 7) is 2.57. The fourth-order valence-corrected chi connectivity index (χ4v) is 1.48. The molecule has 0 bridgehead atoms. The Morgan fingerprint density at radius 3 is 2.72 bits per heavy atom. The third kappa shape index (κ3) is 3.11. The summed E-state index contributed by atoms with van der Waals surface area (Å²) >= 11 is 0. The molecule has 2 rings (SSSR count). The van der Waals surface area contributed by atoms with Gasteiger partial charge in [0.15, 0.2) is 0 Å². The van der Waals surface area contributed by atoms with Gasteiger partial charge in [-0.05, 0) is 25.1 Å². The topological polar surface area (TPSA) is 69.4 Å². The second-order valence-corrected chi connectivity index (χ2v) is 3.53. The van der Waals surface area contributed by atoms with Gasteiger partial charge in [0.2, 0.25) is 0 Å². The van der Waals surface area contributed by atoms with Gasteiger partial charge in [-0.15, -0.1) is 0 Å². The number of nitrogens with two attached hydrogens (primary N) is 1. The lowest BCUT2D eigenvalue weighted by Gasteiger charge is -2.08. The molecule has 94 valence electrons. The number of ether oxygens (including phenoxy) is 2. The number of nitrogen functional groups attached to an aromatic ring is 1. The zero-order valence-electron chi connectivity index (χ0n) is 10.1. The fraction of sp³-hybridized carbons (Fsp3) is 0.154. The Kier molecular flexibility index (Phi) is 3.98. The van der Waals surface area contributed by atoms with Crippen molar-refractivity contribution in [1.82, 2.24) is 4.98 Å². The van der Waals surface area contributed by atoms with Crippen LogP contribution in [0.15, 0.2) is 42.6 Å². The van der Waals surface area contributed by atoms with E-state index in [-0.39, 0.29) is 0 Å². The predicted octanol–water partition coefficient (Wildman–Crippen LogP) is 2.56. The molecule has 0 aliphatic rings. The van der Waals surface area contributed by atoms with Crippen LogP contribution < -0.4 is 20.7 Å². The van der Waals surface area contributed by atoms with E-state index in [9.17, 15) is 0 Å². The zero-order valence-corrected chi connectivity index (χ0v) is 10.1. The molecular weight excluding hydrogens is 230 g/mol. The van der Waals surface area contributed by atoms with Gasteiger partial charge in [0.25, 0.3) is 0 Å². The molecule has 0 amide bonds. The van der Waals surface area contributed by atoms with E-state index in [1.165, 1.54) is 0 Å². The Balaban J connectivity index is 2.14. The van der Waals surface area contributed by atoms with Crippen molar-refractivity contribution >= 4 is 5.82 Å². The lowest BCUT2D eigenvalue weighted by molar-refractivity contribution is 0.338. The Morgan fingerprint density at radius 2 is 1.94 bits per heavy atom. The molecule has 0 spiro atoms. The summed E-state index contributed by atoms with van der Waals surface area (Å²) in [7, 11) is 0. The molecule has 2 aromatic rings. The van der Waals surface area contributed by atoms with Crippen LogP contribution in [0, 0.1) is 0 Å². The van der Waals surface area contributed by atoms with E-state index in [0.717, 1.165) is 5.75 Å². The Hall–Kier alpha value is -2.27. The molecule has 1 heterocycles. The number of rotatable bonds is 5. The van der Waals surface area contributed by atoms with E-state index in [0.29, 0.717) is 23.9 Å². The van der Waals surface area contributed by atoms with Crippen LogP contribution in [0.1, 0.15) is 6.92 Å². The Labute approximate surface area is 106 Å². The van der Waals surface area contributed by atoms with Crippen LogP contribution in [0.4, 0.5) is 5.82 Å². The van der Waals surface area contributed by atoms with Crippen LogP contribution in [0.2, 0.25) is 0 Å². The molecule has 18 heavy (non-hydrogen) atoms. The van der Waals surface area contributed by atoms with Gasteiger partial charge < -0.3 is 14.9 Å². The number of hydrogen-bond acceptors (Lipinski definition) is 5. The molecule has 0 aliphatic carbocycles. The quantitative estimate of drug-likeness (QED) is 0.625. The molecular formula is C13H15N3O2. The van der Waals surface area contributed by atoms with Crippen molar-refractivity contribution in [2.75, 3.05) is 12.0 Å². The van der Waals surface area contributed by atoms with E-state index < -0.39 is 0 Å². The smallest absolute Gasteiger partial charge is 0.143 e. The van der Waals surface area contributed by atoms with Crippen LogP contribution in [0.25, 0.3) is 0 Å². The maximum atomic E-state index is 5.69. The fourth-order valence-electron chi connectivity index (χ4n) is 1.48. The zero-order chi connectivity index (χ0) is 12.8. The minimum absolute atomic E-state index is 0.550. The highest BCUT2D eigenvalue weighted by Gasteiger charge is 2.01. The number of nitrogens with zero attached hydrogens (tertiary/aromatic N) is 1. The average molecular weight is 245 g/mol. The second kappa shape index (κ2) is 5.88. The second-order valence-electron chi connectivity index (χ2n) is 3.53. The third-order valence-corrected chi connectivity index (χ3v) is 2.23. The molecule has 1 aromatic heterocycles. The van der Waals surface area contributed by atoms with E-state index in [1.807, 2.05) is 31.2 Å². The van der Waals surface area contributed by atoms with E-state index >= 15 is 0 Å². The van der Waals surface area contributed by atoms with Crippen LogP contribution in [0.5, 0.6) is 17.2 Å². The largest absolute Gasteiger partial charge is 0.494 e. The normalized spacial score (nSPS) is 9.89. The van der Waals surface area contributed by atoms with Crippen molar-refractivity contribution in [3.63, 3.8) is 0 Å². The molecule has 1 aromatic carbocycles. The molecule has 0 aliphatic heterocycles. The SMILES string of the molecule is CCOc1cccc(Oc2ccnc(NN)c2)c1. The average Bonchev–Trinajstić information content (AvgIpc) is 2.40. The summed E-state index contributed by atoms with van der Waals surface area (Å²) in [5.74, 6) is 7.98. The first-order chi connectivity index (χ1) is 8.81. The van der Waals surface area contributed by atoms with Crippen molar-refractivity contribution < 1.29 is 9.47 Å². The molecule has 0 atom stereocenters. The van der Waals surface area contributed by atoms with E-state index in [4.69, 9.17) is 15.3 Å². The first-order valence-corrected chi connectivity index (χ1v) is 5.65. The van der Waals surface area contributed by atoms with Crippen LogP contribution in [-0.4, -0.2) is 11.6 Å². The summed E-state index contributed by atoms with van der Waals surface area (Å²) in [5, 5.41) is 0. The minimum Gasteiger partial charge on any atom is -0.494 e. The van der Waals surface area contributed by atoms with Crippen LogP contribution >= 0.6 is 0 Å². The summed E-state index contributed by atoms with van der Waals surface area (Å²) < 4.78 is 11.1. The van der Waals surface area contributed by atoms with Gasteiger partial charge in [0, 0.05) is 18.3 Å². The molecule has 0 saturated carbocycles. The first kappa shape index (κ1) is 12.2. The Bertz CT molecular complexity index is 517. The van der Waals surface area contributed by atoms with Gasteiger partial charge in [-0.3, -0.25) is 0 Å². The number of anilines is 1. The van der Waals surface area contributed by atoms with Gasteiger partial charge >= 0.3 is 0 Å². The van der Waals surface area contributed by atoms with Crippen molar-refractivity contribution in [1.29, 1.82) is 0 Å². The van der Waals surface area contributed by atoms with Crippen molar-refractivity contribution in [3.05, 3.63) is 42.6 Å².